The molecule has 2 aliphatic rings. The zero-order valence-corrected chi connectivity index (χ0v) is 6.10. The van der Waals surface area contributed by atoms with Crippen molar-refractivity contribution < 1.29 is 0 Å². The van der Waals surface area contributed by atoms with Gasteiger partial charge in [-0.25, -0.2) is 0 Å². The van der Waals surface area contributed by atoms with E-state index < -0.39 is 0 Å². The molecule has 0 aliphatic heterocycles. The van der Waals surface area contributed by atoms with E-state index in [4.69, 9.17) is 23.2 Å². The lowest BCUT2D eigenvalue weighted by Crippen LogP contribution is -2.38. The molecule has 0 aromatic rings. The van der Waals surface area contributed by atoms with Gasteiger partial charge in [-0.05, 0) is 25.7 Å². The van der Waals surface area contributed by atoms with Crippen LogP contribution >= 0.6 is 23.2 Å². The van der Waals surface area contributed by atoms with E-state index in [1.165, 1.54) is 19.3 Å². The van der Waals surface area contributed by atoms with Crippen molar-refractivity contribution in [3.63, 3.8) is 0 Å². The zero-order chi connectivity index (χ0) is 5.83. The molecule has 0 amide bonds. The van der Waals surface area contributed by atoms with Crippen LogP contribution in [0.5, 0.6) is 0 Å². The second-order valence-corrected chi connectivity index (χ2v) is 4.47. The molecule has 0 aromatic heterocycles. The van der Waals surface area contributed by atoms with Crippen molar-refractivity contribution in [1.82, 2.24) is 0 Å². The summed E-state index contributed by atoms with van der Waals surface area (Å²) >= 11 is 11.8. The van der Waals surface area contributed by atoms with Gasteiger partial charge in [0.05, 0.1) is 0 Å². The Morgan fingerprint density at radius 2 is 1.38 bits per heavy atom. The predicted molar refractivity (Wildman–Crippen MR) is 35.3 cm³/mol. The Hall–Kier alpha value is 0.580. The first-order valence-electron chi connectivity index (χ1n) is 3.04. The van der Waals surface area contributed by atoms with E-state index in [2.05, 4.69) is 0 Å². The predicted octanol–water partition coefficient (Wildman–Crippen LogP) is 2.73. The van der Waals surface area contributed by atoms with Gasteiger partial charge in [0.2, 0.25) is 0 Å². The maximum absolute atomic E-state index is 5.92. The van der Waals surface area contributed by atoms with Gasteiger partial charge in [-0.3, -0.25) is 0 Å². The van der Waals surface area contributed by atoms with Crippen molar-refractivity contribution >= 4 is 23.2 Å². The summed E-state index contributed by atoms with van der Waals surface area (Å²) in [5.41, 5.74) is 0.399. The quantitative estimate of drug-likeness (QED) is 0.467. The second-order valence-electron chi connectivity index (χ2n) is 2.98. The fourth-order valence-corrected chi connectivity index (χ4v) is 2.19. The molecule has 1 spiro atoms. The largest absolute Gasteiger partial charge is 0.123 e. The number of alkyl halides is 2. The molecule has 2 saturated carbocycles. The van der Waals surface area contributed by atoms with Crippen LogP contribution in [0.25, 0.3) is 0 Å². The highest BCUT2D eigenvalue weighted by Gasteiger charge is 2.64. The molecule has 0 radical (unpaired) electrons. The minimum Gasteiger partial charge on any atom is -0.101 e. The fourth-order valence-electron chi connectivity index (χ4n) is 1.43. The molecule has 46 valence electrons. The molecular formula is C6H8Cl2. The normalized spacial score (nSPS) is 36.8. The van der Waals surface area contributed by atoms with Gasteiger partial charge in [-0.15, -0.1) is 23.2 Å². The first kappa shape index (κ1) is 5.37. The van der Waals surface area contributed by atoms with E-state index in [0.29, 0.717) is 5.41 Å². The highest BCUT2D eigenvalue weighted by molar-refractivity contribution is 6.49. The zero-order valence-electron chi connectivity index (χ0n) is 4.58. The van der Waals surface area contributed by atoms with Crippen LogP contribution in [0.2, 0.25) is 0 Å². The standard InChI is InChI=1S/C6H8Cl2/c7-6(8)4-3-5(6)1-2-5/h1-4H2. The molecule has 0 N–H and O–H groups in total. The lowest BCUT2D eigenvalue weighted by Gasteiger charge is -2.40. The smallest absolute Gasteiger partial charge is 0.101 e. The molecule has 2 fully saturated rings. The van der Waals surface area contributed by atoms with Crippen molar-refractivity contribution in [3.8, 4) is 0 Å². The molecule has 2 heteroatoms. The van der Waals surface area contributed by atoms with E-state index in [9.17, 15) is 0 Å². The molecule has 0 bridgehead atoms. The fraction of sp³-hybridized carbons (Fsp3) is 1.00. The maximum Gasteiger partial charge on any atom is 0.123 e. The highest BCUT2D eigenvalue weighted by Crippen LogP contribution is 2.71. The molecule has 0 saturated heterocycles. The molecule has 0 unspecified atom stereocenters. The highest BCUT2D eigenvalue weighted by atomic mass is 35.5. The molecule has 0 heterocycles. The Kier molecular flexibility index (Phi) is 0.802. The molecule has 0 atom stereocenters. The minimum atomic E-state index is -0.326. The maximum atomic E-state index is 5.92. The average Bonchev–Trinajstić information content (AvgIpc) is 2.41. The van der Waals surface area contributed by atoms with Gasteiger partial charge in [0.25, 0.3) is 0 Å². The molecule has 0 aromatic carbocycles. The summed E-state index contributed by atoms with van der Waals surface area (Å²) in [6.07, 6.45) is 4.80. The van der Waals surface area contributed by atoms with Gasteiger partial charge in [-0.2, -0.15) is 0 Å². The summed E-state index contributed by atoms with van der Waals surface area (Å²) in [6.45, 7) is 0. The van der Waals surface area contributed by atoms with Crippen molar-refractivity contribution in [2.45, 2.75) is 30.0 Å². The van der Waals surface area contributed by atoms with Crippen LogP contribution in [-0.2, 0) is 0 Å². The summed E-state index contributed by atoms with van der Waals surface area (Å²) in [5, 5.41) is 0. The van der Waals surface area contributed by atoms with E-state index in [0.717, 1.165) is 6.42 Å². The Balaban J connectivity index is 2.19. The van der Waals surface area contributed by atoms with Crippen LogP contribution in [0.1, 0.15) is 25.7 Å². The van der Waals surface area contributed by atoms with Crippen molar-refractivity contribution in [2.75, 3.05) is 0 Å². The van der Waals surface area contributed by atoms with Crippen molar-refractivity contribution in [2.24, 2.45) is 5.41 Å². The Morgan fingerprint density at radius 3 is 1.38 bits per heavy atom. The van der Waals surface area contributed by atoms with E-state index in [-0.39, 0.29) is 4.33 Å². The molecule has 2 rings (SSSR count). The van der Waals surface area contributed by atoms with Crippen LogP contribution < -0.4 is 0 Å². The summed E-state index contributed by atoms with van der Waals surface area (Å²) < 4.78 is -0.326. The van der Waals surface area contributed by atoms with Crippen LogP contribution in [0.4, 0.5) is 0 Å². The van der Waals surface area contributed by atoms with Crippen LogP contribution in [0, 0.1) is 5.41 Å². The van der Waals surface area contributed by atoms with Crippen LogP contribution in [0.15, 0.2) is 0 Å². The third kappa shape index (κ3) is 0.440. The Labute approximate surface area is 59.2 Å². The van der Waals surface area contributed by atoms with Gasteiger partial charge in [0, 0.05) is 5.41 Å². The molecule has 0 nitrogen and oxygen atoms in total. The van der Waals surface area contributed by atoms with Crippen LogP contribution in [0.3, 0.4) is 0 Å². The summed E-state index contributed by atoms with van der Waals surface area (Å²) in [5.74, 6) is 0. The van der Waals surface area contributed by atoms with Crippen LogP contribution in [-0.4, -0.2) is 4.33 Å². The van der Waals surface area contributed by atoms with Gasteiger partial charge in [0.15, 0.2) is 0 Å². The van der Waals surface area contributed by atoms with Gasteiger partial charge in [0.1, 0.15) is 4.33 Å². The lowest BCUT2D eigenvalue weighted by molar-refractivity contribution is 0.261. The summed E-state index contributed by atoms with van der Waals surface area (Å²) in [4.78, 5) is 0. The first-order valence-corrected chi connectivity index (χ1v) is 3.80. The Morgan fingerprint density at radius 1 is 0.875 bits per heavy atom. The van der Waals surface area contributed by atoms with Crippen molar-refractivity contribution in [1.29, 1.82) is 0 Å². The minimum absolute atomic E-state index is 0.326. The van der Waals surface area contributed by atoms with Gasteiger partial charge < -0.3 is 0 Å². The van der Waals surface area contributed by atoms with E-state index in [1.807, 2.05) is 0 Å². The van der Waals surface area contributed by atoms with E-state index in [1.54, 1.807) is 0 Å². The third-order valence-electron chi connectivity index (χ3n) is 2.55. The number of rotatable bonds is 0. The first-order chi connectivity index (χ1) is 3.66. The molecule has 8 heavy (non-hydrogen) atoms. The second kappa shape index (κ2) is 1.19. The van der Waals surface area contributed by atoms with Gasteiger partial charge in [-0.1, -0.05) is 0 Å². The number of hydrogen-bond donors (Lipinski definition) is 0. The van der Waals surface area contributed by atoms with E-state index >= 15 is 0 Å². The molecular weight excluding hydrogens is 143 g/mol. The lowest BCUT2D eigenvalue weighted by atomic mass is 9.80. The average molecular weight is 151 g/mol. The number of hydrogen-bond acceptors (Lipinski definition) is 0. The third-order valence-corrected chi connectivity index (χ3v) is 3.73. The van der Waals surface area contributed by atoms with Crippen molar-refractivity contribution in [3.05, 3.63) is 0 Å². The number of halogens is 2. The molecule has 2 aliphatic carbocycles. The topological polar surface area (TPSA) is 0 Å². The summed E-state index contributed by atoms with van der Waals surface area (Å²) in [6, 6.07) is 0. The Bertz CT molecular complexity index is 120. The monoisotopic (exact) mass is 150 g/mol. The van der Waals surface area contributed by atoms with Gasteiger partial charge >= 0.3 is 0 Å². The summed E-state index contributed by atoms with van der Waals surface area (Å²) in [7, 11) is 0. The SMILES string of the molecule is ClC1(Cl)CCC12CC2.